The molecular formula is C19H21Cl2N3O3. The van der Waals surface area contributed by atoms with Crippen molar-refractivity contribution < 1.29 is 14.4 Å². The summed E-state index contributed by atoms with van der Waals surface area (Å²) in [7, 11) is 0. The molecule has 4 rings (SSSR count). The molecule has 144 valence electrons. The van der Waals surface area contributed by atoms with Gasteiger partial charge < -0.3 is 10.6 Å². The quantitative estimate of drug-likeness (QED) is 0.708. The van der Waals surface area contributed by atoms with Crippen LogP contribution < -0.4 is 10.6 Å². The highest BCUT2D eigenvalue weighted by molar-refractivity contribution is 6.42. The van der Waals surface area contributed by atoms with E-state index in [1.54, 1.807) is 25.1 Å². The molecule has 0 spiro atoms. The Morgan fingerprint density at radius 3 is 2.41 bits per heavy atom. The van der Waals surface area contributed by atoms with E-state index in [1.165, 1.54) is 0 Å². The summed E-state index contributed by atoms with van der Waals surface area (Å²) in [4.78, 5) is 38.8. The SMILES string of the molecule is CC1(c2ccc(Cl)c(Cl)c2)NC(=O)N(CC(=O)NC(C2CC2)C2CC2)C1=O. The van der Waals surface area contributed by atoms with Gasteiger partial charge in [0, 0.05) is 6.04 Å². The van der Waals surface area contributed by atoms with Gasteiger partial charge in [0.1, 0.15) is 12.1 Å². The van der Waals surface area contributed by atoms with E-state index < -0.39 is 17.5 Å². The molecule has 8 heteroatoms. The normalized spacial score (nSPS) is 25.1. The molecule has 1 saturated heterocycles. The number of carbonyl (C=O) groups is 3. The Morgan fingerprint density at radius 2 is 1.85 bits per heavy atom. The van der Waals surface area contributed by atoms with Crippen molar-refractivity contribution in [2.75, 3.05) is 6.54 Å². The number of benzene rings is 1. The summed E-state index contributed by atoms with van der Waals surface area (Å²) >= 11 is 12.0. The van der Waals surface area contributed by atoms with Crippen LogP contribution in [0.4, 0.5) is 4.79 Å². The van der Waals surface area contributed by atoms with E-state index >= 15 is 0 Å². The minimum absolute atomic E-state index is 0.180. The molecular weight excluding hydrogens is 389 g/mol. The summed E-state index contributed by atoms with van der Waals surface area (Å²) in [6.07, 6.45) is 4.56. The van der Waals surface area contributed by atoms with E-state index in [0.717, 1.165) is 30.6 Å². The van der Waals surface area contributed by atoms with Gasteiger partial charge in [0.15, 0.2) is 0 Å². The Balaban J connectivity index is 1.47. The Labute approximate surface area is 167 Å². The predicted molar refractivity (Wildman–Crippen MR) is 101 cm³/mol. The Bertz CT molecular complexity index is 810. The first-order valence-corrected chi connectivity index (χ1v) is 9.94. The maximum absolute atomic E-state index is 12.9. The fourth-order valence-corrected chi connectivity index (χ4v) is 4.05. The second-order valence-electron chi connectivity index (χ2n) is 7.84. The summed E-state index contributed by atoms with van der Waals surface area (Å²) in [6, 6.07) is 4.38. The number of halogens is 2. The van der Waals surface area contributed by atoms with Crippen LogP contribution in [-0.2, 0) is 15.1 Å². The Hall–Kier alpha value is -1.79. The van der Waals surface area contributed by atoms with Crippen LogP contribution in [0.3, 0.4) is 0 Å². The van der Waals surface area contributed by atoms with Gasteiger partial charge in [0.2, 0.25) is 5.91 Å². The monoisotopic (exact) mass is 409 g/mol. The lowest BCUT2D eigenvalue weighted by molar-refractivity contribution is -0.135. The molecule has 2 saturated carbocycles. The van der Waals surface area contributed by atoms with Crippen LogP contribution in [-0.4, -0.2) is 35.3 Å². The summed E-state index contributed by atoms with van der Waals surface area (Å²) < 4.78 is 0. The third-order valence-corrected chi connectivity index (χ3v) is 6.40. The lowest BCUT2D eigenvalue weighted by atomic mass is 9.92. The van der Waals surface area contributed by atoms with Gasteiger partial charge in [-0.15, -0.1) is 0 Å². The first kappa shape index (κ1) is 18.6. The van der Waals surface area contributed by atoms with E-state index in [0.29, 0.717) is 27.4 Å². The number of hydrogen-bond donors (Lipinski definition) is 2. The van der Waals surface area contributed by atoms with Crippen molar-refractivity contribution in [3.63, 3.8) is 0 Å². The smallest absolute Gasteiger partial charge is 0.325 e. The Morgan fingerprint density at radius 1 is 1.22 bits per heavy atom. The molecule has 2 aliphatic carbocycles. The van der Waals surface area contributed by atoms with E-state index in [2.05, 4.69) is 10.6 Å². The average molecular weight is 410 g/mol. The van der Waals surface area contributed by atoms with Crippen molar-refractivity contribution >= 4 is 41.0 Å². The number of amides is 4. The number of nitrogens with one attached hydrogen (secondary N) is 2. The molecule has 1 unspecified atom stereocenters. The first-order valence-electron chi connectivity index (χ1n) is 9.18. The van der Waals surface area contributed by atoms with Crippen LogP contribution in [0.25, 0.3) is 0 Å². The highest BCUT2D eigenvalue weighted by atomic mass is 35.5. The van der Waals surface area contributed by atoms with Crippen LogP contribution in [0.5, 0.6) is 0 Å². The van der Waals surface area contributed by atoms with Crippen LogP contribution in [0.1, 0.15) is 38.2 Å². The van der Waals surface area contributed by atoms with E-state index in [-0.39, 0.29) is 18.5 Å². The van der Waals surface area contributed by atoms with Crippen LogP contribution in [0.15, 0.2) is 18.2 Å². The molecule has 0 aromatic heterocycles. The molecule has 3 aliphatic rings. The molecule has 1 atom stereocenters. The zero-order chi connectivity index (χ0) is 19.3. The zero-order valence-electron chi connectivity index (χ0n) is 14.9. The van der Waals surface area contributed by atoms with Crippen LogP contribution >= 0.6 is 23.2 Å². The fraction of sp³-hybridized carbons (Fsp3) is 0.526. The second-order valence-corrected chi connectivity index (χ2v) is 8.66. The number of rotatable bonds is 6. The second kappa shape index (κ2) is 6.67. The lowest BCUT2D eigenvalue weighted by Crippen LogP contribution is -2.46. The van der Waals surface area contributed by atoms with Crippen LogP contribution in [0, 0.1) is 11.8 Å². The molecule has 27 heavy (non-hydrogen) atoms. The Kier molecular flexibility index (Phi) is 4.59. The highest BCUT2D eigenvalue weighted by Gasteiger charge is 2.50. The van der Waals surface area contributed by atoms with Gasteiger partial charge in [-0.25, -0.2) is 4.79 Å². The van der Waals surface area contributed by atoms with E-state index in [9.17, 15) is 14.4 Å². The highest BCUT2D eigenvalue weighted by Crippen LogP contribution is 2.44. The predicted octanol–water partition coefficient (Wildman–Crippen LogP) is 3.07. The number of nitrogens with zero attached hydrogens (tertiary/aromatic N) is 1. The van der Waals surface area contributed by atoms with E-state index in [1.807, 2.05) is 0 Å². The third kappa shape index (κ3) is 3.52. The van der Waals surface area contributed by atoms with Gasteiger partial charge in [-0.3, -0.25) is 14.5 Å². The molecule has 1 heterocycles. The van der Waals surface area contributed by atoms with Crippen molar-refractivity contribution in [2.45, 2.75) is 44.2 Å². The van der Waals surface area contributed by atoms with Crippen molar-refractivity contribution in [3.8, 4) is 0 Å². The topological polar surface area (TPSA) is 78.5 Å². The molecule has 4 amide bonds. The number of carbonyl (C=O) groups excluding carboxylic acids is 3. The van der Waals surface area contributed by atoms with Crippen molar-refractivity contribution in [3.05, 3.63) is 33.8 Å². The fourth-order valence-electron chi connectivity index (χ4n) is 3.75. The van der Waals surface area contributed by atoms with Crippen molar-refractivity contribution in [1.82, 2.24) is 15.5 Å². The van der Waals surface area contributed by atoms with Gasteiger partial charge in [0.05, 0.1) is 10.0 Å². The van der Waals surface area contributed by atoms with Crippen molar-refractivity contribution in [2.24, 2.45) is 11.8 Å². The van der Waals surface area contributed by atoms with Gasteiger partial charge >= 0.3 is 6.03 Å². The number of urea groups is 1. The summed E-state index contributed by atoms with van der Waals surface area (Å²) in [5, 5.41) is 6.38. The van der Waals surface area contributed by atoms with Gasteiger partial charge in [-0.1, -0.05) is 29.3 Å². The summed E-state index contributed by atoms with van der Waals surface area (Å²) in [5.41, 5.74) is -0.759. The lowest BCUT2D eigenvalue weighted by Gasteiger charge is -2.23. The summed E-state index contributed by atoms with van der Waals surface area (Å²) in [5.74, 6) is 0.327. The zero-order valence-corrected chi connectivity index (χ0v) is 16.4. The standard InChI is InChI=1S/C19H21Cl2N3O3/c1-19(12-6-7-13(20)14(21)8-12)17(26)24(18(27)23-19)9-15(25)22-16(10-2-3-10)11-4-5-11/h6-8,10-11,16H,2-5,9H2,1H3,(H,22,25)(H,23,27). The molecule has 1 aromatic rings. The van der Waals surface area contributed by atoms with Gasteiger partial charge in [0.25, 0.3) is 5.91 Å². The molecule has 0 radical (unpaired) electrons. The van der Waals surface area contributed by atoms with Gasteiger partial charge in [-0.05, 0) is 62.1 Å². The first-order chi connectivity index (χ1) is 12.8. The maximum atomic E-state index is 12.9. The third-order valence-electron chi connectivity index (χ3n) is 5.66. The molecule has 0 bridgehead atoms. The van der Waals surface area contributed by atoms with Crippen molar-refractivity contribution in [1.29, 1.82) is 0 Å². The van der Waals surface area contributed by atoms with Gasteiger partial charge in [-0.2, -0.15) is 0 Å². The molecule has 1 aromatic carbocycles. The summed E-state index contributed by atoms with van der Waals surface area (Å²) in [6.45, 7) is 1.32. The average Bonchev–Trinajstić information content (AvgIpc) is 3.52. The molecule has 6 nitrogen and oxygen atoms in total. The molecule has 2 N–H and O–H groups in total. The number of hydrogen-bond acceptors (Lipinski definition) is 3. The van der Waals surface area contributed by atoms with Crippen LogP contribution in [0.2, 0.25) is 10.0 Å². The maximum Gasteiger partial charge on any atom is 0.325 e. The minimum atomic E-state index is -1.28. The van der Waals surface area contributed by atoms with E-state index in [4.69, 9.17) is 23.2 Å². The number of imide groups is 1. The molecule has 1 aliphatic heterocycles. The largest absolute Gasteiger partial charge is 0.351 e. The minimum Gasteiger partial charge on any atom is -0.351 e. The molecule has 3 fully saturated rings.